The second-order valence-electron chi connectivity index (χ2n) is 4.86. The van der Waals surface area contributed by atoms with Crippen molar-refractivity contribution in [2.24, 2.45) is 0 Å². The van der Waals surface area contributed by atoms with Gasteiger partial charge in [0, 0.05) is 5.39 Å². The maximum Gasteiger partial charge on any atom is 0.258 e. The Balaban J connectivity index is 1.87. The number of sulfonamides is 1. The van der Waals surface area contributed by atoms with Crippen molar-refractivity contribution in [3.8, 4) is 0 Å². The number of H-pyrrole nitrogens is 1. The quantitative estimate of drug-likeness (QED) is 0.775. The summed E-state index contributed by atoms with van der Waals surface area (Å²) < 4.78 is 32.7. The smallest absolute Gasteiger partial charge is 0.258 e. The van der Waals surface area contributed by atoms with E-state index in [0.717, 1.165) is 11.0 Å². The molecule has 2 N–H and O–H groups in total. The zero-order valence-corrected chi connectivity index (χ0v) is 12.4. The monoisotopic (exact) mass is 305 g/mol. The van der Waals surface area contributed by atoms with Gasteiger partial charge >= 0.3 is 0 Å². The molecule has 0 saturated carbocycles. The number of fused-ring (bicyclic) bond motifs is 1. The number of nitrogens with one attached hydrogen (secondary N) is 2. The molecule has 0 aliphatic heterocycles. The number of aryl methyl sites for hydroxylation is 1. The molecule has 0 fully saturated rings. The van der Waals surface area contributed by atoms with Crippen LogP contribution in [0.3, 0.4) is 0 Å². The van der Waals surface area contributed by atoms with E-state index in [1.54, 1.807) is 13.8 Å². The average molecular weight is 305 g/mol. The van der Waals surface area contributed by atoms with Crippen molar-refractivity contribution in [3.05, 3.63) is 48.1 Å². The minimum Gasteiger partial charge on any atom is -0.459 e. The van der Waals surface area contributed by atoms with Gasteiger partial charge in [-0.25, -0.2) is 13.4 Å². The zero-order valence-electron chi connectivity index (χ0n) is 11.6. The predicted molar refractivity (Wildman–Crippen MR) is 78.3 cm³/mol. The molecule has 1 atom stereocenters. The van der Waals surface area contributed by atoms with Gasteiger partial charge in [-0.2, -0.15) is 4.72 Å². The van der Waals surface area contributed by atoms with Gasteiger partial charge in [-0.15, -0.1) is 0 Å². The van der Waals surface area contributed by atoms with Gasteiger partial charge < -0.3 is 9.40 Å². The molecule has 2 aromatic heterocycles. The van der Waals surface area contributed by atoms with Crippen LogP contribution in [-0.4, -0.2) is 18.4 Å². The van der Waals surface area contributed by atoms with Crippen LogP contribution in [0, 0.1) is 6.92 Å². The van der Waals surface area contributed by atoms with Crippen LogP contribution in [0.15, 0.2) is 46.0 Å². The molecule has 0 aliphatic rings. The molecular formula is C14H15N3O3S. The van der Waals surface area contributed by atoms with Gasteiger partial charge in [0.1, 0.15) is 17.2 Å². The lowest BCUT2D eigenvalue weighted by Gasteiger charge is -2.10. The molecule has 0 amide bonds. The molecule has 0 spiro atoms. The molecule has 21 heavy (non-hydrogen) atoms. The highest BCUT2D eigenvalue weighted by atomic mass is 32.2. The van der Waals surface area contributed by atoms with E-state index in [1.165, 1.54) is 6.20 Å². The number of aromatic nitrogens is 2. The fourth-order valence-corrected chi connectivity index (χ4v) is 3.29. The van der Waals surface area contributed by atoms with E-state index in [1.807, 2.05) is 30.3 Å². The van der Waals surface area contributed by atoms with E-state index >= 15 is 0 Å². The Hall–Kier alpha value is -2.12. The number of rotatable bonds is 4. The van der Waals surface area contributed by atoms with E-state index < -0.39 is 16.1 Å². The summed E-state index contributed by atoms with van der Waals surface area (Å²) in [6.45, 7) is 3.43. The molecule has 7 heteroatoms. The third-order valence-electron chi connectivity index (χ3n) is 3.17. The van der Waals surface area contributed by atoms with Crippen LogP contribution in [0.25, 0.3) is 11.0 Å². The van der Waals surface area contributed by atoms with E-state index in [2.05, 4.69) is 14.7 Å². The van der Waals surface area contributed by atoms with Crippen molar-refractivity contribution in [2.75, 3.05) is 0 Å². The number of hydrogen-bond acceptors (Lipinski definition) is 4. The first-order valence-electron chi connectivity index (χ1n) is 6.48. The fraction of sp³-hybridized carbons (Fsp3) is 0.214. The highest BCUT2D eigenvalue weighted by molar-refractivity contribution is 7.89. The summed E-state index contributed by atoms with van der Waals surface area (Å²) in [7, 11) is -3.65. The van der Waals surface area contributed by atoms with Crippen molar-refractivity contribution in [1.29, 1.82) is 0 Å². The molecule has 0 radical (unpaired) electrons. The highest BCUT2D eigenvalue weighted by Crippen LogP contribution is 2.24. The lowest BCUT2D eigenvalue weighted by Crippen LogP contribution is -2.26. The average Bonchev–Trinajstić information content (AvgIpc) is 3.04. The first-order valence-corrected chi connectivity index (χ1v) is 7.96. The normalized spacial score (nSPS) is 13.6. The maximum atomic E-state index is 12.2. The van der Waals surface area contributed by atoms with E-state index in [-0.39, 0.29) is 5.03 Å². The Morgan fingerprint density at radius 1 is 1.33 bits per heavy atom. The molecule has 110 valence electrons. The van der Waals surface area contributed by atoms with Gasteiger partial charge in [0.15, 0.2) is 5.03 Å². The van der Waals surface area contributed by atoms with E-state index in [0.29, 0.717) is 11.6 Å². The maximum absolute atomic E-state index is 12.2. The summed E-state index contributed by atoms with van der Waals surface area (Å²) in [5, 5.41) is 0.985. The van der Waals surface area contributed by atoms with Gasteiger partial charge in [-0.1, -0.05) is 18.2 Å². The Morgan fingerprint density at radius 2 is 2.10 bits per heavy atom. The summed E-state index contributed by atoms with van der Waals surface area (Å²) in [5.74, 6) is 1.11. The lowest BCUT2D eigenvalue weighted by molar-refractivity contribution is 0.484. The number of imidazole rings is 1. The van der Waals surface area contributed by atoms with E-state index in [9.17, 15) is 8.42 Å². The van der Waals surface area contributed by atoms with Crippen molar-refractivity contribution in [2.45, 2.75) is 24.9 Å². The standard InChI is InChI=1S/C14H15N3O3S/c1-9(13-7-11-5-3-4-6-12(11)20-13)17-21(18,19)14-8-15-10(2)16-14/h3-9,17H,1-2H3,(H,15,16). The molecule has 3 rings (SSSR count). The predicted octanol–water partition coefficient (Wildman–Crippen LogP) is 2.50. The number of aromatic amines is 1. The number of furan rings is 1. The summed E-state index contributed by atoms with van der Waals surface area (Å²) in [4.78, 5) is 6.61. The Kier molecular flexibility index (Phi) is 3.30. The summed E-state index contributed by atoms with van der Waals surface area (Å²) in [6, 6.07) is 8.90. The summed E-state index contributed by atoms with van der Waals surface area (Å²) in [5.41, 5.74) is 0.732. The van der Waals surface area contributed by atoms with Gasteiger partial charge in [-0.05, 0) is 26.0 Å². The van der Waals surface area contributed by atoms with Crippen LogP contribution in [0.2, 0.25) is 0 Å². The summed E-state index contributed by atoms with van der Waals surface area (Å²) in [6.07, 6.45) is 1.29. The third kappa shape index (κ3) is 2.70. The van der Waals surface area contributed by atoms with Crippen molar-refractivity contribution in [3.63, 3.8) is 0 Å². The molecule has 6 nitrogen and oxygen atoms in total. The van der Waals surface area contributed by atoms with E-state index in [4.69, 9.17) is 4.42 Å². The van der Waals surface area contributed by atoms with Crippen LogP contribution in [0.4, 0.5) is 0 Å². The zero-order chi connectivity index (χ0) is 15.0. The fourth-order valence-electron chi connectivity index (χ4n) is 2.10. The first kappa shape index (κ1) is 13.8. The minimum atomic E-state index is -3.65. The lowest BCUT2D eigenvalue weighted by atomic mass is 10.2. The SMILES string of the molecule is Cc1ncc(S(=O)(=O)NC(C)c2cc3ccccc3o2)[nH]1. The van der Waals surface area contributed by atoms with Gasteiger partial charge in [0.25, 0.3) is 10.0 Å². The molecule has 3 aromatic rings. The van der Waals surface area contributed by atoms with Crippen LogP contribution >= 0.6 is 0 Å². The molecule has 0 aliphatic carbocycles. The highest BCUT2D eigenvalue weighted by Gasteiger charge is 2.22. The Labute approximate surface area is 122 Å². The van der Waals surface area contributed by atoms with Crippen LogP contribution in [0.5, 0.6) is 0 Å². The molecule has 1 unspecified atom stereocenters. The number of hydrogen-bond donors (Lipinski definition) is 2. The number of benzene rings is 1. The molecule has 0 bridgehead atoms. The van der Waals surface area contributed by atoms with Crippen molar-refractivity contribution in [1.82, 2.24) is 14.7 Å². The third-order valence-corrected chi connectivity index (χ3v) is 4.62. The van der Waals surface area contributed by atoms with Gasteiger partial charge in [0.05, 0.1) is 12.2 Å². The van der Waals surface area contributed by atoms with Crippen molar-refractivity contribution >= 4 is 21.0 Å². The topological polar surface area (TPSA) is 88.0 Å². The molecule has 2 heterocycles. The van der Waals surface area contributed by atoms with Crippen LogP contribution in [-0.2, 0) is 10.0 Å². The first-order chi connectivity index (χ1) is 9.95. The largest absolute Gasteiger partial charge is 0.459 e. The summed E-state index contributed by atoms with van der Waals surface area (Å²) >= 11 is 0. The van der Waals surface area contributed by atoms with Gasteiger partial charge in [-0.3, -0.25) is 0 Å². The Morgan fingerprint density at radius 3 is 2.76 bits per heavy atom. The van der Waals surface area contributed by atoms with Crippen LogP contribution < -0.4 is 4.72 Å². The minimum absolute atomic E-state index is 0.0444. The second-order valence-corrected chi connectivity index (χ2v) is 6.54. The second kappa shape index (κ2) is 5.01. The van der Waals surface area contributed by atoms with Crippen molar-refractivity contribution < 1.29 is 12.8 Å². The van der Waals surface area contributed by atoms with Gasteiger partial charge in [0.2, 0.25) is 0 Å². The number of para-hydroxylation sites is 1. The molecule has 0 saturated heterocycles. The molecule has 1 aromatic carbocycles. The van der Waals surface area contributed by atoms with Crippen LogP contribution in [0.1, 0.15) is 24.6 Å². The molecular weight excluding hydrogens is 290 g/mol. The Bertz CT molecular complexity index is 847. The number of nitrogens with zero attached hydrogens (tertiary/aromatic N) is 1.